The maximum absolute atomic E-state index is 12.9. The molecular formula is C18H17N9O5S3. The maximum Gasteiger partial charge on any atom is 0.352 e. The second-order valence-electron chi connectivity index (χ2n) is 6.92. The molecule has 2 atom stereocenters. The number of thiazole rings is 1. The predicted molar refractivity (Wildman–Crippen MR) is 127 cm³/mol. The van der Waals surface area contributed by atoms with Crippen molar-refractivity contribution < 1.29 is 24.3 Å². The number of rotatable bonds is 9. The number of carboxylic acid groups (broad SMARTS) is 1. The highest BCUT2D eigenvalue weighted by molar-refractivity contribution is 8.01. The van der Waals surface area contributed by atoms with E-state index in [9.17, 15) is 19.5 Å². The summed E-state index contributed by atoms with van der Waals surface area (Å²) in [5.74, 6) is 0.508. The predicted octanol–water partition coefficient (Wildman–Crippen LogP) is -0.774. The third-order valence-corrected chi connectivity index (χ3v) is 7.87. The van der Waals surface area contributed by atoms with Gasteiger partial charge >= 0.3 is 5.97 Å². The van der Waals surface area contributed by atoms with Crippen LogP contribution in [-0.2, 0) is 25.8 Å². The van der Waals surface area contributed by atoms with Crippen LogP contribution in [0.4, 0.5) is 5.13 Å². The Balaban J connectivity index is 1.49. The maximum atomic E-state index is 12.9. The number of carbonyl (C=O) groups is 3. The number of thioether (sulfide) groups is 2. The largest absolute Gasteiger partial charge is 0.477 e. The van der Waals surface area contributed by atoms with Gasteiger partial charge in [0.05, 0.1) is 0 Å². The molecule has 1 unspecified atom stereocenters. The lowest BCUT2D eigenvalue weighted by Gasteiger charge is -2.49. The van der Waals surface area contributed by atoms with Crippen LogP contribution in [0.3, 0.4) is 0 Å². The minimum atomic E-state index is -1.24. The van der Waals surface area contributed by atoms with Crippen molar-refractivity contribution in [2.75, 3.05) is 24.3 Å². The van der Waals surface area contributed by atoms with E-state index >= 15 is 0 Å². The molecule has 4 rings (SSSR count). The van der Waals surface area contributed by atoms with Crippen LogP contribution in [0.5, 0.6) is 0 Å². The fourth-order valence-electron chi connectivity index (χ4n) is 3.33. The Bertz CT molecular complexity index is 1280. The van der Waals surface area contributed by atoms with E-state index in [4.69, 9.17) is 17.0 Å². The third kappa shape index (κ3) is 4.80. The van der Waals surface area contributed by atoms with Gasteiger partial charge in [-0.25, -0.2) is 14.5 Å². The second kappa shape index (κ2) is 10.3. The van der Waals surface area contributed by atoms with Gasteiger partial charge in [-0.3, -0.25) is 14.5 Å². The van der Waals surface area contributed by atoms with Gasteiger partial charge in [-0.2, -0.15) is 0 Å². The van der Waals surface area contributed by atoms with Crippen molar-refractivity contribution in [1.29, 1.82) is 0 Å². The number of tetrazole rings is 1. The van der Waals surface area contributed by atoms with Crippen molar-refractivity contribution in [2.45, 2.75) is 23.1 Å². The highest BCUT2D eigenvalue weighted by atomic mass is 32.2. The van der Waals surface area contributed by atoms with Crippen LogP contribution in [0, 0.1) is 12.3 Å². The number of fused-ring (bicyclic) bond motifs is 1. The summed E-state index contributed by atoms with van der Waals surface area (Å²) in [6.07, 6.45) is 5.30. The van der Waals surface area contributed by atoms with Gasteiger partial charge in [-0.15, -0.1) is 34.6 Å². The van der Waals surface area contributed by atoms with Crippen molar-refractivity contribution >= 4 is 63.5 Å². The summed E-state index contributed by atoms with van der Waals surface area (Å²) in [6, 6.07) is -0.947. The molecule has 4 heterocycles. The molecule has 2 aliphatic rings. The lowest BCUT2D eigenvalue weighted by atomic mass is 10.0. The van der Waals surface area contributed by atoms with E-state index in [0.29, 0.717) is 16.5 Å². The summed E-state index contributed by atoms with van der Waals surface area (Å²) >= 11 is 3.66. The molecule has 0 aromatic carbocycles. The third-order valence-electron chi connectivity index (χ3n) is 4.81. The molecule has 2 aromatic heterocycles. The number of nitrogens with one attached hydrogen (secondary N) is 1. The smallest absolute Gasteiger partial charge is 0.352 e. The highest BCUT2D eigenvalue weighted by Gasteiger charge is 2.54. The van der Waals surface area contributed by atoms with E-state index in [-0.39, 0.29) is 34.5 Å². The fourth-order valence-corrected chi connectivity index (χ4v) is 6.24. The van der Waals surface area contributed by atoms with Crippen LogP contribution in [0.15, 0.2) is 27.0 Å². The Hall–Kier alpha value is -3.62. The summed E-state index contributed by atoms with van der Waals surface area (Å²) in [6.45, 7) is 0.171. The average molecular weight is 536 g/mol. The van der Waals surface area contributed by atoms with Gasteiger partial charge in [0.2, 0.25) is 5.16 Å². The van der Waals surface area contributed by atoms with Gasteiger partial charge in [0.25, 0.3) is 11.8 Å². The van der Waals surface area contributed by atoms with Gasteiger partial charge in [0.1, 0.15) is 36.5 Å². The van der Waals surface area contributed by atoms with E-state index < -0.39 is 29.2 Å². The number of nitrogens with zero attached hydrogens (tertiary/aromatic N) is 7. The number of carbonyl (C=O) groups excluding carboxylic acids is 2. The standard InChI is InChI=1S/C18H17N9O5S3/c1-3-4-26-18(22-24-25-26)35-6-8-5-33-15-11(14(29)27(15)12(8)16(30)31)21-13(28)10(23-32-2)9-7-34-17(19)20-9/h1,7,11,15H,4-6H2,2H3,(H2,19,20)(H,21,28)(H,30,31)/t11?,15-/m1/s1. The number of β-lactam (4-membered cyclic amide) rings is 1. The Morgan fingerprint density at radius 3 is 2.97 bits per heavy atom. The first-order valence-electron chi connectivity index (χ1n) is 9.71. The van der Waals surface area contributed by atoms with Crippen molar-refractivity contribution in [3.63, 3.8) is 0 Å². The minimum Gasteiger partial charge on any atom is -0.477 e. The van der Waals surface area contributed by atoms with E-state index in [1.165, 1.54) is 45.6 Å². The molecule has 35 heavy (non-hydrogen) atoms. The van der Waals surface area contributed by atoms with Crippen molar-refractivity contribution in [2.24, 2.45) is 5.16 Å². The molecule has 0 radical (unpaired) electrons. The number of aliphatic carboxylic acids is 1. The van der Waals surface area contributed by atoms with Crippen LogP contribution in [0.2, 0.25) is 0 Å². The number of nitrogen functional groups attached to an aromatic ring is 1. The molecule has 0 spiro atoms. The molecule has 0 aliphatic carbocycles. The summed E-state index contributed by atoms with van der Waals surface area (Å²) in [5, 5.41) is 29.0. The topological polar surface area (TPSA) is 191 Å². The van der Waals surface area contributed by atoms with Crippen molar-refractivity contribution in [3.8, 4) is 12.3 Å². The average Bonchev–Trinajstić information content (AvgIpc) is 3.47. The molecule has 2 aromatic rings. The number of oxime groups is 1. The molecule has 1 fully saturated rings. The number of anilines is 1. The van der Waals surface area contributed by atoms with Crippen LogP contribution in [-0.4, -0.2) is 88.7 Å². The number of hydrogen-bond acceptors (Lipinski definition) is 13. The van der Waals surface area contributed by atoms with Gasteiger partial charge in [-0.05, 0) is 16.0 Å². The van der Waals surface area contributed by atoms with Crippen LogP contribution >= 0.6 is 34.9 Å². The van der Waals surface area contributed by atoms with E-state index in [2.05, 4.69) is 36.9 Å². The van der Waals surface area contributed by atoms with Crippen LogP contribution in [0.1, 0.15) is 5.69 Å². The molecular weight excluding hydrogens is 518 g/mol. The van der Waals surface area contributed by atoms with Crippen molar-refractivity contribution in [3.05, 3.63) is 22.3 Å². The number of amides is 2. The number of nitrogens with two attached hydrogens (primary N) is 1. The minimum absolute atomic E-state index is 0.120. The van der Waals surface area contributed by atoms with Gasteiger partial charge in [-0.1, -0.05) is 22.8 Å². The molecule has 0 bridgehead atoms. The zero-order valence-electron chi connectivity index (χ0n) is 17.9. The second-order valence-corrected chi connectivity index (χ2v) is 9.86. The number of terminal acetylenes is 1. The zero-order valence-corrected chi connectivity index (χ0v) is 20.4. The molecule has 182 valence electrons. The Morgan fingerprint density at radius 2 is 2.31 bits per heavy atom. The zero-order chi connectivity index (χ0) is 25.1. The fraction of sp³-hybridized carbons (Fsp3) is 0.333. The summed E-state index contributed by atoms with van der Waals surface area (Å²) in [4.78, 5) is 47.7. The molecule has 2 aliphatic heterocycles. The normalized spacial score (nSPS) is 19.6. The summed E-state index contributed by atoms with van der Waals surface area (Å²) in [5.41, 5.74) is 6.08. The number of hydrogen-bond donors (Lipinski definition) is 3. The van der Waals surface area contributed by atoms with Gasteiger partial charge in [0, 0.05) is 16.9 Å². The van der Waals surface area contributed by atoms with Crippen LogP contribution in [0.25, 0.3) is 0 Å². The summed E-state index contributed by atoms with van der Waals surface area (Å²) in [7, 11) is 1.27. The molecule has 14 nitrogen and oxygen atoms in total. The first-order valence-corrected chi connectivity index (χ1v) is 12.6. The molecule has 0 saturated carbocycles. The monoisotopic (exact) mass is 535 g/mol. The molecule has 4 N–H and O–H groups in total. The first kappa shape index (κ1) is 24.5. The Kier molecular flexibility index (Phi) is 7.23. The number of carboxylic acids is 1. The molecule has 1 saturated heterocycles. The first-order chi connectivity index (χ1) is 16.8. The van der Waals surface area contributed by atoms with E-state index in [1.807, 2.05) is 0 Å². The lowest BCUT2D eigenvalue weighted by Crippen LogP contribution is -2.71. The van der Waals surface area contributed by atoms with Gasteiger partial charge in [0.15, 0.2) is 10.8 Å². The molecule has 17 heteroatoms. The molecule has 2 amide bonds. The number of aromatic nitrogens is 5. The Morgan fingerprint density at radius 1 is 1.51 bits per heavy atom. The summed E-state index contributed by atoms with van der Waals surface area (Å²) < 4.78 is 1.42. The highest BCUT2D eigenvalue weighted by Crippen LogP contribution is 2.41. The SMILES string of the molecule is C#CCn1nnnc1SCC1=C(C(=O)O)N2C(=O)C(NC(=O)C(=NOC)c3csc(N)n3)[C@H]2SC1. The van der Waals surface area contributed by atoms with Crippen molar-refractivity contribution in [1.82, 2.24) is 35.4 Å². The van der Waals surface area contributed by atoms with Gasteiger partial charge < -0.3 is 21.0 Å². The quantitative estimate of drug-likeness (QED) is 0.120. The van der Waals surface area contributed by atoms with Crippen LogP contribution < -0.4 is 11.1 Å². The van der Waals surface area contributed by atoms with E-state index in [0.717, 1.165) is 11.3 Å². The Labute approximate surface area is 210 Å². The van der Waals surface area contributed by atoms with E-state index in [1.54, 1.807) is 0 Å². The lowest BCUT2D eigenvalue weighted by molar-refractivity contribution is -0.150.